The number of ether oxygens (including phenoxy) is 1. The van der Waals surface area contributed by atoms with E-state index in [4.69, 9.17) is 9.84 Å². The van der Waals surface area contributed by atoms with Crippen LogP contribution in [0.3, 0.4) is 0 Å². The molecule has 130 valence electrons. The Balaban J connectivity index is 1.93. The first-order valence-corrected chi connectivity index (χ1v) is 8.70. The molecule has 0 aliphatic carbocycles. The van der Waals surface area contributed by atoms with Crippen LogP contribution in [0.5, 0.6) is 5.75 Å². The van der Waals surface area contributed by atoms with E-state index in [1.165, 1.54) is 18.2 Å². The summed E-state index contributed by atoms with van der Waals surface area (Å²) >= 11 is 3.27. The van der Waals surface area contributed by atoms with Gasteiger partial charge in [-0.2, -0.15) is 0 Å². The Morgan fingerprint density at radius 2 is 1.38 bits per heavy atom. The van der Waals surface area contributed by atoms with Gasteiger partial charge >= 0.3 is 11.9 Å². The normalized spacial score (nSPS) is 10.5. The number of benzene rings is 3. The highest BCUT2D eigenvalue weighted by Crippen LogP contribution is 2.31. The predicted molar refractivity (Wildman–Crippen MR) is 101 cm³/mol. The summed E-state index contributed by atoms with van der Waals surface area (Å²) in [5.74, 6) is -1.79. The summed E-state index contributed by atoms with van der Waals surface area (Å²) in [5.41, 5.74) is 1.75. The van der Waals surface area contributed by atoms with Gasteiger partial charge in [-0.3, -0.25) is 4.79 Å². The van der Waals surface area contributed by atoms with Crippen LogP contribution in [0.15, 0.2) is 83.3 Å². The van der Waals surface area contributed by atoms with Gasteiger partial charge in [-0.25, -0.2) is 4.79 Å². The number of hydrogen-bond acceptors (Lipinski definition) is 3. The number of rotatable bonds is 5. The van der Waals surface area contributed by atoms with Crippen molar-refractivity contribution in [1.29, 1.82) is 0 Å². The Morgan fingerprint density at radius 3 is 1.85 bits per heavy atom. The summed E-state index contributed by atoms with van der Waals surface area (Å²) in [4.78, 5) is 24.0. The molecule has 0 spiro atoms. The monoisotopic (exact) mass is 410 g/mol. The quantitative estimate of drug-likeness (QED) is 0.480. The smallest absolute Gasteiger partial charge is 0.335 e. The van der Waals surface area contributed by atoms with E-state index in [0.29, 0.717) is 4.47 Å². The summed E-state index contributed by atoms with van der Waals surface area (Å²) < 4.78 is 5.98. The second-order valence-electron chi connectivity index (χ2n) is 5.63. The van der Waals surface area contributed by atoms with E-state index in [1.54, 1.807) is 0 Å². The lowest BCUT2D eigenvalue weighted by atomic mass is 9.91. The van der Waals surface area contributed by atoms with Crippen molar-refractivity contribution in [3.63, 3.8) is 0 Å². The SMILES string of the molecule is O=C(O)c1ccc(OC(=O)C(c2ccccc2)c2ccccc2)c(Br)c1. The minimum Gasteiger partial charge on any atom is -0.478 e. The molecule has 0 bridgehead atoms. The second-order valence-corrected chi connectivity index (χ2v) is 6.48. The Bertz CT molecular complexity index is 884. The van der Waals surface area contributed by atoms with Gasteiger partial charge in [-0.05, 0) is 45.3 Å². The molecule has 5 heteroatoms. The van der Waals surface area contributed by atoms with Gasteiger partial charge in [0.1, 0.15) is 11.7 Å². The maximum Gasteiger partial charge on any atom is 0.335 e. The highest BCUT2D eigenvalue weighted by Gasteiger charge is 2.25. The number of hydrogen-bond donors (Lipinski definition) is 1. The Morgan fingerprint density at radius 1 is 0.846 bits per heavy atom. The van der Waals surface area contributed by atoms with Gasteiger partial charge in [-0.15, -0.1) is 0 Å². The van der Waals surface area contributed by atoms with Crippen molar-refractivity contribution < 1.29 is 19.4 Å². The van der Waals surface area contributed by atoms with Crippen LogP contribution < -0.4 is 4.74 Å². The van der Waals surface area contributed by atoms with Crippen LogP contribution in [-0.4, -0.2) is 17.0 Å². The Labute approximate surface area is 159 Å². The molecular formula is C21H15BrO4. The maximum atomic E-state index is 12.9. The molecule has 0 unspecified atom stereocenters. The molecule has 0 atom stereocenters. The van der Waals surface area contributed by atoms with Crippen LogP contribution in [0.25, 0.3) is 0 Å². The number of carboxylic acids is 1. The van der Waals surface area contributed by atoms with Gasteiger partial charge in [0, 0.05) is 0 Å². The molecule has 0 saturated heterocycles. The third-order valence-corrected chi connectivity index (χ3v) is 4.51. The summed E-state index contributed by atoms with van der Waals surface area (Å²) in [5, 5.41) is 9.04. The van der Waals surface area contributed by atoms with Gasteiger partial charge < -0.3 is 9.84 Å². The molecule has 3 rings (SSSR count). The Hall–Kier alpha value is -2.92. The fourth-order valence-corrected chi connectivity index (χ4v) is 3.10. The minimum absolute atomic E-state index is 0.111. The van der Waals surface area contributed by atoms with Crippen molar-refractivity contribution in [3.05, 3.63) is 100 Å². The van der Waals surface area contributed by atoms with Crippen LogP contribution in [0.2, 0.25) is 0 Å². The molecule has 0 radical (unpaired) electrons. The molecule has 26 heavy (non-hydrogen) atoms. The van der Waals surface area contributed by atoms with Crippen LogP contribution in [0, 0.1) is 0 Å². The zero-order valence-electron chi connectivity index (χ0n) is 13.6. The molecular weight excluding hydrogens is 396 g/mol. The molecule has 0 aliphatic rings. The standard InChI is InChI=1S/C21H15BrO4/c22-17-13-16(20(23)24)11-12-18(17)26-21(25)19(14-7-3-1-4-8-14)15-9-5-2-6-10-15/h1-13,19H,(H,23,24). The number of carbonyl (C=O) groups excluding carboxylic acids is 1. The Kier molecular flexibility index (Phi) is 5.49. The molecule has 0 fully saturated rings. The molecule has 0 amide bonds. The number of esters is 1. The van der Waals surface area contributed by atoms with E-state index in [9.17, 15) is 9.59 Å². The highest BCUT2D eigenvalue weighted by molar-refractivity contribution is 9.10. The van der Waals surface area contributed by atoms with E-state index in [-0.39, 0.29) is 11.3 Å². The first kappa shape index (κ1) is 17.9. The summed E-state index contributed by atoms with van der Waals surface area (Å²) in [6.07, 6.45) is 0. The average molecular weight is 411 g/mol. The summed E-state index contributed by atoms with van der Waals surface area (Å²) in [6, 6.07) is 23.0. The molecule has 3 aromatic carbocycles. The van der Waals surface area contributed by atoms with Crippen LogP contribution >= 0.6 is 15.9 Å². The van der Waals surface area contributed by atoms with E-state index in [2.05, 4.69) is 15.9 Å². The molecule has 1 N–H and O–H groups in total. The lowest BCUT2D eigenvalue weighted by molar-refractivity contribution is -0.135. The molecule has 0 saturated carbocycles. The van der Waals surface area contributed by atoms with Crippen LogP contribution in [0.4, 0.5) is 0 Å². The third kappa shape index (κ3) is 4.00. The van der Waals surface area contributed by atoms with Gasteiger partial charge in [-0.1, -0.05) is 60.7 Å². The van der Waals surface area contributed by atoms with Crippen molar-refractivity contribution in [2.45, 2.75) is 5.92 Å². The maximum absolute atomic E-state index is 12.9. The number of aromatic carboxylic acids is 1. The number of halogens is 1. The molecule has 0 heterocycles. The molecule has 0 aromatic heterocycles. The van der Waals surface area contributed by atoms with Gasteiger partial charge in [0.15, 0.2) is 0 Å². The van der Waals surface area contributed by atoms with Crippen molar-refractivity contribution in [1.82, 2.24) is 0 Å². The van der Waals surface area contributed by atoms with Crippen molar-refractivity contribution in [2.75, 3.05) is 0 Å². The predicted octanol–water partition coefficient (Wildman–Crippen LogP) is 4.88. The highest BCUT2D eigenvalue weighted by atomic mass is 79.9. The largest absolute Gasteiger partial charge is 0.478 e. The van der Waals surface area contributed by atoms with E-state index in [0.717, 1.165) is 11.1 Å². The first-order valence-electron chi connectivity index (χ1n) is 7.90. The van der Waals surface area contributed by atoms with Gasteiger partial charge in [0.25, 0.3) is 0 Å². The summed E-state index contributed by atoms with van der Waals surface area (Å²) in [6.45, 7) is 0. The van der Waals surface area contributed by atoms with Crippen LogP contribution in [-0.2, 0) is 4.79 Å². The van der Waals surface area contributed by atoms with E-state index >= 15 is 0 Å². The van der Waals surface area contributed by atoms with Crippen molar-refractivity contribution in [3.8, 4) is 5.75 Å². The van der Waals surface area contributed by atoms with Crippen LogP contribution in [0.1, 0.15) is 27.4 Å². The molecule has 3 aromatic rings. The lowest BCUT2D eigenvalue weighted by Crippen LogP contribution is -2.20. The number of carboxylic acid groups (broad SMARTS) is 1. The minimum atomic E-state index is -1.05. The average Bonchev–Trinajstić information content (AvgIpc) is 2.65. The first-order chi connectivity index (χ1) is 12.6. The van der Waals surface area contributed by atoms with Crippen molar-refractivity contribution in [2.24, 2.45) is 0 Å². The lowest BCUT2D eigenvalue weighted by Gasteiger charge is -2.17. The molecule has 4 nitrogen and oxygen atoms in total. The van der Waals surface area contributed by atoms with E-state index in [1.807, 2.05) is 60.7 Å². The zero-order chi connectivity index (χ0) is 18.5. The van der Waals surface area contributed by atoms with Gasteiger partial charge in [0.05, 0.1) is 10.0 Å². The summed E-state index contributed by atoms with van der Waals surface area (Å²) in [7, 11) is 0. The third-order valence-electron chi connectivity index (χ3n) is 3.89. The second kappa shape index (κ2) is 7.97. The zero-order valence-corrected chi connectivity index (χ0v) is 15.2. The number of carbonyl (C=O) groups is 2. The fraction of sp³-hybridized carbons (Fsp3) is 0.0476. The van der Waals surface area contributed by atoms with Crippen molar-refractivity contribution >= 4 is 27.9 Å². The van der Waals surface area contributed by atoms with E-state index < -0.39 is 17.9 Å². The van der Waals surface area contributed by atoms with Gasteiger partial charge in [0.2, 0.25) is 0 Å². The topological polar surface area (TPSA) is 63.6 Å². The fourth-order valence-electron chi connectivity index (χ4n) is 2.64. The molecule has 0 aliphatic heterocycles.